The Kier molecular flexibility index (Phi) is 5.73. The highest BCUT2D eigenvalue weighted by Crippen LogP contribution is 2.23. The van der Waals surface area contributed by atoms with Crippen molar-refractivity contribution in [2.24, 2.45) is 0 Å². The van der Waals surface area contributed by atoms with Crippen LogP contribution in [0.1, 0.15) is 6.42 Å². The van der Waals surface area contributed by atoms with E-state index in [1.54, 1.807) is 14.1 Å². The Balaban J connectivity index is 2.87. The molecule has 0 radical (unpaired) electrons. The summed E-state index contributed by atoms with van der Waals surface area (Å²) in [5.74, 6) is -0.315. The quantitative estimate of drug-likeness (QED) is 0.515. The predicted molar refractivity (Wildman–Crippen MR) is 75.1 cm³/mol. The molecule has 1 rings (SSSR count). The molecule has 1 aliphatic heterocycles. The summed E-state index contributed by atoms with van der Waals surface area (Å²) in [6, 6.07) is -0.802. The molecule has 1 heterocycles. The number of hydrogen-bond donors (Lipinski definition) is 0. The van der Waals surface area contributed by atoms with E-state index in [2.05, 4.69) is 6.58 Å². The van der Waals surface area contributed by atoms with Crippen molar-refractivity contribution >= 4 is 22.1 Å². The van der Waals surface area contributed by atoms with Crippen LogP contribution >= 0.6 is 0 Å². The fourth-order valence-corrected chi connectivity index (χ4v) is 2.70. The maximum atomic E-state index is 12.1. The molecular weight excluding hydrogens is 300 g/mol. The third kappa shape index (κ3) is 5.01. The molecular formula is C12H20N2O6S. The van der Waals surface area contributed by atoms with Gasteiger partial charge in [0.25, 0.3) is 10.1 Å². The van der Waals surface area contributed by atoms with E-state index in [1.165, 1.54) is 15.9 Å². The van der Waals surface area contributed by atoms with Crippen LogP contribution in [0, 0.1) is 0 Å². The van der Waals surface area contributed by atoms with Gasteiger partial charge in [0.05, 0.1) is 18.9 Å². The van der Waals surface area contributed by atoms with Crippen LogP contribution < -0.4 is 0 Å². The molecule has 0 bridgehead atoms. The van der Waals surface area contributed by atoms with Crippen molar-refractivity contribution in [1.29, 1.82) is 0 Å². The Morgan fingerprint density at radius 1 is 1.43 bits per heavy atom. The van der Waals surface area contributed by atoms with Crippen LogP contribution in [0.5, 0.6) is 0 Å². The van der Waals surface area contributed by atoms with E-state index in [1.807, 2.05) is 0 Å². The number of rotatable bonds is 5. The molecule has 0 aliphatic carbocycles. The first-order valence-electron chi connectivity index (χ1n) is 6.29. The fourth-order valence-electron chi connectivity index (χ4n) is 2.06. The zero-order valence-corrected chi connectivity index (χ0v) is 13.1. The van der Waals surface area contributed by atoms with Gasteiger partial charge >= 0.3 is 6.09 Å². The average Bonchev–Trinajstić information content (AvgIpc) is 2.76. The van der Waals surface area contributed by atoms with Crippen molar-refractivity contribution in [3.63, 3.8) is 0 Å². The van der Waals surface area contributed by atoms with Gasteiger partial charge in [-0.1, -0.05) is 12.7 Å². The summed E-state index contributed by atoms with van der Waals surface area (Å²) < 4.78 is 32.1. The zero-order chi connectivity index (χ0) is 16.2. The van der Waals surface area contributed by atoms with E-state index < -0.39 is 28.4 Å². The summed E-state index contributed by atoms with van der Waals surface area (Å²) in [5.41, 5.74) is 0. The van der Waals surface area contributed by atoms with Gasteiger partial charge in [0.2, 0.25) is 5.91 Å². The van der Waals surface area contributed by atoms with Crippen LogP contribution in [0.15, 0.2) is 12.7 Å². The Morgan fingerprint density at radius 2 is 2.05 bits per heavy atom. The van der Waals surface area contributed by atoms with E-state index in [0.29, 0.717) is 0 Å². The Labute approximate surface area is 124 Å². The number of likely N-dealkylation sites (tertiary alicyclic amines) is 1. The van der Waals surface area contributed by atoms with Crippen LogP contribution in [0.4, 0.5) is 4.79 Å². The van der Waals surface area contributed by atoms with Crippen molar-refractivity contribution in [1.82, 2.24) is 9.80 Å². The van der Waals surface area contributed by atoms with E-state index in [4.69, 9.17) is 8.92 Å². The minimum atomic E-state index is -3.66. The minimum Gasteiger partial charge on any atom is -0.445 e. The van der Waals surface area contributed by atoms with Crippen LogP contribution in [-0.2, 0) is 23.8 Å². The first kappa shape index (κ1) is 17.4. The third-order valence-corrected chi connectivity index (χ3v) is 3.48. The molecule has 8 nitrogen and oxygen atoms in total. The zero-order valence-electron chi connectivity index (χ0n) is 12.3. The molecule has 0 unspecified atom stereocenters. The monoisotopic (exact) mass is 320 g/mol. The number of carbonyl (C=O) groups is 2. The summed E-state index contributed by atoms with van der Waals surface area (Å²) in [4.78, 5) is 26.5. The van der Waals surface area contributed by atoms with Gasteiger partial charge in [-0.15, -0.1) is 0 Å². The highest BCUT2D eigenvalue weighted by molar-refractivity contribution is 7.86. The fraction of sp³-hybridized carbons (Fsp3) is 0.667. The second-order valence-electron chi connectivity index (χ2n) is 4.92. The van der Waals surface area contributed by atoms with Crippen molar-refractivity contribution in [2.75, 3.05) is 33.5 Å². The number of amides is 2. The lowest BCUT2D eigenvalue weighted by Crippen LogP contribution is -2.45. The number of nitrogens with zero attached hydrogens (tertiary/aromatic N) is 2. The van der Waals surface area contributed by atoms with Gasteiger partial charge in [0.1, 0.15) is 12.6 Å². The second kappa shape index (κ2) is 6.90. The van der Waals surface area contributed by atoms with Crippen LogP contribution in [0.3, 0.4) is 0 Å². The number of carbonyl (C=O) groups excluding carboxylic acids is 2. The van der Waals surface area contributed by atoms with Gasteiger partial charge in [-0.05, 0) is 0 Å². The van der Waals surface area contributed by atoms with Gasteiger partial charge in [0, 0.05) is 20.5 Å². The van der Waals surface area contributed by atoms with E-state index in [0.717, 1.165) is 6.26 Å². The predicted octanol–water partition coefficient (Wildman–Crippen LogP) is -0.184. The molecule has 0 aromatic heterocycles. The second-order valence-corrected chi connectivity index (χ2v) is 6.53. The summed E-state index contributed by atoms with van der Waals surface area (Å²) in [5, 5.41) is 0. The van der Waals surface area contributed by atoms with Gasteiger partial charge in [-0.25, -0.2) is 4.79 Å². The highest BCUT2D eigenvalue weighted by Gasteiger charge is 2.42. The first-order chi connectivity index (χ1) is 9.65. The molecule has 1 saturated heterocycles. The molecule has 2 amide bonds. The molecule has 0 aromatic carbocycles. The van der Waals surface area contributed by atoms with Crippen molar-refractivity contribution in [3.8, 4) is 0 Å². The van der Waals surface area contributed by atoms with Crippen molar-refractivity contribution < 1.29 is 26.9 Å². The summed E-state index contributed by atoms with van der Waals surface area (Å²) in [6.45, 7) is 3.42. The molecule has 2 atom stereocenters. The lowest BCUT2D eigenvalue weighted by Gasteiger charge is -2.24. The van der Waals surface area contributed by atoms with Crippen LogP contribution in [0.25, 0.3) is 0 Å². The van der Waals surface area contributed by atoms with E-state index in [-0.39, 0.29) is 25.5 Å². The Morgan fingerprint density at radius 3 is 2.52 bits per heavy atom. The molecule has 0 saturated carbocycles. The number of hydrogen-bond acceptors (Lipinski definition) is 6. The lowest BCUT2D eigenvalue weighted by molar-refractivity contribution is -0.133. The molecule has 120 valence electrons. The smallest absolute Gasteiger partial charge is 0.410 e. The molecule has 0 aromatic rings. The van der Waals surface area contributed by atoms with E-state index in [9.17, 15) is 18.0 Å². The minimum absolute atomic E-state index is 0.00973. The van der Waals surface area contributed by atoms with Gasteiger partial charge in [-0.3, -0.25) is 13.9 Å². The van der Waals surface area contributed by atoms with Crippen LogP contribution in [0.2, 0.25) is 0 Å². The molecule has 1 aliphatic rings. The van der Waals surface area contributed by atoms with Gasteiger partial charge < -0.3 is 9.64 Å². The first-order valence-corrected chi connectivity index (χ1v) is 8.11. The third-order valence-electron chi connectivity index (χ3n) is 2.86. The lowest BCUT2D eigenvalue weighted by atomic mass is 10.2. The molecule has 1 fully saturated rings. The van der Waals surface area contributed by atoms with Crippen molar-refractivity contribution in [2.45, 2.75) is 18.6 Å². The Hall–Kier alpha value is -1.61. The maximum absolute atomic E-state index is 12.1. The van der Waals surface area contributed by atoms with Gasteiger partial charge in [0.15, 0.2) is 0 Å². The SMILES string of the molecule is C=CCOC(=O)N1C[C@H](OS(C)(=O)=O)C[C@H]1C(=O)N(C)C. The molecule has 0 spiro atoms. The van der Waals surface area contributed by atoms with Gasteiger partial charge in [-0.2, -0.15) is 8.42 Å². The van der Waals surface area contributed by atoms with E-state index >= 15 is 0 Å². The largest absolute Gasteiger partial charge is 0.445 e. The summed E-state index contributed by atoms with van der Waals surface area (Å²) in [7, 11) is -0.551. The average molecular weight is 320 g/mol. The molecule has 21 heavy (non-hydrogen) atoms. The number of likely N-dealkylation sites (N-methyl/N-ethyl adjacent to an activating group) is 1. The van der Waals surface area contributed by atoms with Crippen molar-refractivity contribution in [3.05, 3.63) is 12.7 Å². The molecule has 0 N–H and O–H groups in total. The highest BCUT2D eigenvalue weighted by atomic mass is 32.2. The molecule has 9 heteroatoms. The summed E-state index contributed by atoms with van der Waals surface area (Å²) >= 11 is 0. The normalized spacial score (nSPS) is 22.0. The number of ether oxygens (including phenoxy) is 1. The topological polar surface area (TPSA) is 93.2 Å². The summed E-state index contributed by atoms with van der Waals surface area (Å²) in [6.07, 6.45) is 0.975. The van der Waals surface area contributed by atoms with Crippen LogP contribution in [-0.4, -0.2) is 75.9 Å². The standard InChI is InChI=1S/C12H20N2O6S/c1-5-6-19-12(16)14-8-9(20-21(4,17)18)7-10(14)11(15)13(2)3/h5,9-10H,1,6-8H2,2-4H3/t9-,10+/m1/s1. The Bertz CT molecular complexity index is 516. The maximum Gasteiger partial charge on any atom is 0.410 e.